The Bertz CT molecular complexity index is 322. The second kappa shape index (κ2) is 6.29. The second-order valence-electron chi connectivity index (χ2n) is 4.68. The molecule has 1 heterocycles. The number of aliphatic carboxylic acids is 1. The van der Waals surface area contributed by atoms with Crippen molar-refractivity contribution in [2.45, 2.75) is 32.4 Å². The van der Waals surface area contributed by atoms with E-state index < -0.39 is 17.6 Å². The van der Waals surface area contributed by atoms with Crippen LogP contribution in [-0.2, 0) is 9.53 Å². The molecule has 18 heavy (non-hydrogen) atoms. The van der Waals surface area contributed by atoms with Gasteiger partial charge >= 0.3 is 12.0 Å². The van der Waals surface area contributed by atoms with Gasteiger partial charge in [-0.05, 0) is 20.8 Å². The van der Waals surface area contributed by atoms with Crippen LogP contribution < -0.4 is 5.32 Å². The van der Waals surface area contributed by atoms with Crippen molar-refractivity contribution in [1.82, 2.24) is 10.2 Å². The molecule has 2 amide bonds. The molecule has 1 rings (SSSR count). The molecule has 0 aromatic carbocycles. The van der Waals surface area contributed by atoms with Crippen LogP contribution in [-0.4, -0.2) is 58.4 Å². The third-order valence-electron chi connectivity index (χ3n) is 2.63. The Kier molecular flexibility index (Phi) is 5.28. The highest BCUT2D eigenvalue weighted by Gasteiger charge is 2.35. The average molecular weight is 276 g/mol. The topological polar surface area (TPSA) is 78.9 Å². The largest absolute Gasteiger partial charge is 0.480 e. The molecule has 1 aliphatic rings. The first-order valence-electron chi connectivity index (χ1n) is 5.86. The monoisotopic (exact) mass is 276 g/mol. The van der Waals surface area contributed by atoms with Gasteiger partial charge in [-0.25, -0.2) is 9.59 Å². The van der Waals surface area contributed by atoms with Crippen molar-refractivity contribution in [2.24, 2.45) is 0 Å². The van der Waals surface area contributed by atoms with Crippen LogP contribution in [0.3, 0.4) is 0 Å². The highest BCUT2D eigenvalue weighted by atomic mass is 32.2. The van der Waals surface area contributed by atoms with Gasteiger partial charge in [-0.15, -0.1) is 11.8 Å². The number of rotatable bonds is 5. The number of carboxylic acid groups (broad SMARTS) is 1. The van der Waals surface area contributed by atoms with E-state index in [1.54, 1.807) is 0 Å². The molecular weight excluding hydrogens is 256 g/mol. The maximum absolute atomic E-state index is 11.9. The van der Waals surface area contributed by atoms with Crippen molar-refractivity contribution >= 4 is 23.8 Å². The molecule has 1 atom stereocenters. The molecule has 104 valence electrons. The summed E-state index contributed by atoms with van der Waals surface area (Å²) in [5.74, 6) is -0.102. The van der Waals surface area contributed by atoms with E-state index in [1.807, 2.05) is 20.8 Å². The summed E-state index contributed by atoms with van der Waals surface area (Å²) in [6, 6.07) is -1.08. The van der Waals surface area contributed by atoms with Gasteiger partial charge in [-0.3, -0.25) is 0 Å². The van der Waals surface area contributed by atoms with Crippen LogP contribution in [0.2, 0.25) is 0 Å². The van der Waals surface area contributed by atoms with E-state index in [0.717, 1.165) is 0 Å². The minimum atomic E-state index is -0.959. The Balaban J connectivity index is 2.48. The van der Waals surface area contributed by atoms with Crippen LogP contribution in [0.4, 0.5) is 4.79 Å². The molecule has 1 unspecified atom stereocenters. The van der Waals surface area contributed by atoms with Gasteiger partial charge in [0.1, 0.15) is 6.04 Å². The maximum atomic E-state index is 11.9. The van der Waals surface area contributed by atoms with Crippen LogP contribution in [0.15, 0.2) is 0 Å². The third-order valence-corrected chi connectivity index (χ3v) is 3.64. The Morgan fingerprint density at radius 2 is 2.22 bits per heavy atom. The van der Waals surface area contributed by atoms with Gasteiger partial charge in [0, 0.05) is 18.9 Å². The Hall–Kier alpha value is -0.950. The Morgan fingerprint density at radius 1 is 1.56 bits per heavy atom. The zero-order chi connectivity index (χ0) is 13.8. The lowest BCUT2D eigenvalue weighted by Gasteiger charge is -2.27. The summed E-state index contributed by atoms with van der Waals surface area (Å²) in [5, 5.41) is 11.7. The van der Waals surface area contributed by atoms with Crippen LogP contribution in [0, 0.1) is 0 Å². The molecule has 0 aliphatic carbocycles. The van der Waals surface area contributed by atoms with Gasteiger partial charge in [0.15, 0.2) is 0 Å². The lowest BCUT2D eigenvalue weighted by Crippen LogP contribution is -2.50. The number of hydrogen-bond acceptors (Lipinski definition) is 4. The highest BCUT2D eigenvalue weighted by Crippen LogP contribution is 2.21. The number of hydrogen-bond donors (Lipinski definition) is 2. The summed E-state index contributed by atoms with van der Waals surface area (Å²) >= 11 is 1.44. The number of carbonyl (C=O) groups is 2. The number of urea groups is 1. The van der Waals surface area contributed by atoms with Crippen molar-refractivity contribution < 1.29 is 19.4 Å². The molecule has 0 aromatic rings. The summed E-state index contributed by atoms with van der Waals surface area (Å²) in [6.07, 6.45) is 0. The second-order valence-corrected chi connectivity index (χ2v) is 5.67. The fourth-order valence-corrected chi connectivity index (χ4v) is 2.82. The number of amides is 2. The predicted octanol–water partition coefficient (Wildman–Crippen LogP) is 0.971. The lowest BCUT2D eigenvalue weighted by molar-refractivity contribution is -0.140. The normalized spacial score (nSPS) is 19.9. The Morgan fingerprint density at radius 3 is 2.78 bits per heavy atom. The van der Waals surface area contributed by atoms with Crippen molar-refractivity contribution in [2.75, 3.05) is 24.8 Å². The zero-order valence-corrected chi connectivity index (χ0v) is 11.7. The van der Waals surface area contributed by atoms with Gasteiger partial charge in [-0.2, -0.15) is 0 Å². The van der Waals surface area contributed by atoms with Crippen LogP contribution >= 0.6 is 11.8 Å². The van der Waals surface area contributed by atoms with Gasteiger partial charge < -0.3 is 20.1 Å². The number of thioether (sulfide) groups is 1. The molecule has 1 aliphatic heterocycles. The standard InChI is InChI=1S/C11H20N2O4S/c1-4-17-11(2,3)6-12-10(16)13-7-18-5-8(13)9(14)15/h8H,4-7H2,1-3H3,(H,12,16)(H,14,15). The maximum Gasteiger partial charge on any atom is 0.327 e. The van der Waals surface area contributed by atoms with Gasteiger partial charge in [0.25, 0.3) is 0 Å². The molecule has 0 saturated carbocycles. The van der Waals surface area contributed by atoms with E-state index in [0.29, 0.717) is 24.8 Å². The quantitative estimate of drug-likeness (QED) is 0.782. The number of nitrogens with zero attached hydrogens (tertiary/aromatic N) is 1. The zero-order valence-electron chi connectivity index (χ0n) is 10.9. The Labute approximate surface area is 111 Å². The smallest absolute Gasteiger partial charge is 0.327 e. The van der Waals surface area contributed by atoms with E-state index in [1.165, 1.54) is 16.7 Å². The van der Waals surface area contributed by atoms with E-state index in [-0.39, 0.29) is 6.03 Å². The highest BCUT2D eigenvalue weighted by molar-refractivity contribution is 7.99. The van der Waals surface area contributed by atoms with E-state index >= 15 is 0 Å². The summed E-state index contributed by atoms with van der Waals surface area (Å²) in [7, 11) is 0. The molecule has 1 fully saturated rings. The van der Waals surface area contributed by atoms with Gasteiger partial charge in [0.2, 0.25) is 0 Å². The summed E-state index contributed by atoms with van der Waals surface area (Å²) < 4.78 is 5.46. The number of ether oxygens (including phenoxy) is 1. The summed E-state index contributed by atoms with van der Waals surface area (Å²) in [6.45, 7) is 6.57. The first kappa shape index (κ1) is 15.1. The minimum absolute atomic E-state index is 0.347. The van der Waals surface area contributed by atoms with Crippen molar-refractivity contribution in [3.8, 4) is 0 Å². The third kappa shape index (κ3) is 4.06. The lowest BCUT2D eigenvalue weighted by atomic mass is 10.1. The first-order chi connectivity index (χ1) is 8.37. The minimum Gasteiger partial charge on any atom is -0.480 e. The number of carbonyl (C=O) groups excluding carboxylic acids is 1. The molecule has 0 aromatic heterocycles. The fourth-order valence-electron chi connectivity index (χ4n) is 1.68. The molecule has 7 heteroatoms. The van der Waals surface area contributed by atoms with E-state index in [4.69, 9.17) is 9.84 Å². The molecule has 1 saturated heterocycles. The van der Waals surface area contributed by atoms with Gasteiger partial charge in [-0.1, -0.05) is 0 Å². The number of nitrogens with one attached hydrogen (secondary N) is 1. The predicted molar refractivity (Wildman–Crippen MR) is 69.7 cm³/mol. The van der Waals surface area contributed by atoms with Crippen molar-refractivity contribution in [3.63, 3.8) is 0 Å². The molecular formula is C11H20N2O4S. The summed E-state index contributed by atoms with van der Waals surface area (Å²) in [4.78, 5) is 24.2. The molecule has 0 bridgehead atoms. The molecule has 0 spiro atoms. The van der Waals surface area contributed by atoms with Crippen LogP contribution in [0.25, 0.3) is 0 Å². The van der Waals surface area contributed by atoms with E-state index in [9.17, 15) is 9.59 Å². The van der Waals surface area contributed by atoms with Gasteiger partial charge in [0.05, 0.1) is 11.5 Å². The average Bonchev–Trinajstić information content (AvgIpc) is 2.74. The van der Waals surface area contributed by atoms with E-state index in [2.05, 4.69) is 5.32 Å². The number of carboxylic acids is 1. The summed E-state index contributed by atoms with van der Waals surface area (Å²) in [5.41, 5.74) is -0.448. The molecule has 0 radical (unpaired) electrons. The SMILES string of the molecule is CCOC(C)(C)CNC(=O)N1CSCC1C(=O)O. The van der Waals surface area contributed by atoms with Crippen LogP contribution in [0.1, 0.15) is 20.8 Å². The first-order valence-corrected chi connectivity index (χ1v) is 7.02. The van der Waals surface area contributed by atoms with Crippen molar-refractivity contribution in [3.05, 3.63) is 0 Å². The fraction of sp³-hybridized carbons (Fsp3) is 0.818. The molecule has 2 N–H and O–H groups in total. The van der Waals surface area contributed by atoms with Crippen LogP contribution in [0.5, 0.6) is 0 Å². The molecule has 6 nitrogen and oxygen atoms in total. The van der Waals surface area contributed by atoms with Crippen molar-refractivity contribution in [1.29, 1.82) is 0 Å².